The molecule has 2 aliphatic rings. The zero-order chi connectivity index (χ0) is 14.4. The van der Waals surface area contributed by atoms with Gasteiger partial charge >= 0.3 is 0 Å². The fourth-order valence-electron chi connectivity index (χ4n) is 3.00. The second-order valence-corrected chi connectivity index (χ2v) is 6.85. The van der Waals surface area contributed by atoms with Crippen LogP contribution in [0.4, 0.5) is 0 Å². The van der Waals surface area contributed by atoms with Crippen molar-refractivity contribution in [3.8, 4) is 0 Å². The van der Waals surface area contributed by atoms with Crippen LogP contribution in [0.2, 0.25) is 5.02 Å². The van der Waals surface area contributed by atoms with Gasteiger partial charge in [-0.15, -0.1) is 11.3 Å². The van der Waals surface area contributed by atoms with Crippen LogP contribution in [0.15, 0.2) is 41.5 Å². The van der Waals surface area contributed by atoms with Gasteiger partial charge in [0.15, 0.2) is 0 Å². The molecule has 0 unspecified atom stereocenters. The summed E-state index contributed by atoms with van der Waals surface area (Å²) in [6, 6.07) is 7.76. The average Bonchev–Trinajstić information content (AvgIpc) is 3.01. The van der Waals surface area contributed by atoms with E-state index in [-0.39, 0.29) is 5.91 Å². The third kappa shape index (κ3) is 2.10. The number of benzene rings is 1. The van der Waals surface area contributed by atoms with E-state index in [1.807, 2.05) is 24.3 Å². The molecule has 5 heteroatoms. The van der Waals surface area contributed by atoms with Crippen LogP contribution < -0.4 is 5.43 Å². The highest BCUT2D eigenvalue weighted by molar-refractivity contribution is 7.21. The van der Waals surface area contributed by atoms with Crippen molar-refractivity contribution in [2.45, 2.75) is 12.8 Å². The first-order chi connectivity index (χ1) is 10.2. The zero-order valence-corrected chi connectivity index (χ0v) is 12.7. The Morgan fingerprint density at radius 3 is 3.05 bits per heavy atom. The molecule has 1 heterocycles. The molecule has 2 aromatic rings. The quantitative estimate of drug-likeness (QED) is 0.653. The highest BCUT2D eigenvalue weighted by Gasteiger charge is 2.38. The van der Waals surface area contributed by atoms with Crippen LogP contribution in [0.3, 0.4) is 0 Å². The second kappa shape index (κ2) is 4.97. The van der Waals surface area contributed by atoms with Crippen molar-refractivity contribution < 1.29 is 4.79 Å². The standard InChI is InChI=1S/C16H13ClN2OS/c17-14-11-5-1-2-7-13(11)21-15(14)16(20)19-18-12-8-9-4-3-6-10(9)12/h1-5,7,9-10H,6,8H2,(H,19,20)/b18-12+/t9-,10+/m0/s1. The van der Waals surface area contributed by atoms with E-state index in [2.05, 4.69) is 22.7 Å². The molecule has 0 aliphatic heterocycles. The first-order valence-electron chi connectivity index (χ1n) is 6.94. The molecular weight excluding hydrogens is 304 g/mol. The van der Waals surface area contributed by atoms with Crippen molar-refractivity contribution >= 4 is 44.6 Å². The van der Waals surface area contributed by atoms with Crippen molar-refractivity contribution in [3.63, 3.8) is 0 Å². The highest BCUT2D eigenvalue weighted by Crippen LogP contribution is 2.40. The van der Waals surface area contributed by atoms with Gasteiger partial charge in [0.2, 0.25) is 0 Å². The molecule has 0 saturated heterocycles. The van der Waals surface area contributed by atoms with Crippen LogP contribution in [0.5, 0.6) is 0 Å². The van der Waals surface area contributed by atoms with Crippen molar-refractivity contribution in [2.75, 3.05) is 0 Å². The summed E-state index contributed by atoms with van der Waals surface area (Å²) >= 11 is 7.70. The number of fused-ring (bicyclic) bond motifs is 2. The third-order valence-electron chi connectivity index (χ3n) is 4.21. The van der Waals surface area contributed by atoms with Crippen LogP contribution >= 0.6 is 22.9 Å². The molecule has 0 radical (unpaired) electrons. The number of hydrazone groups is 1. The second-order valence-electron chi connectivity index (χ2n) is 5.42. The number of carbonyl (C=O) groups excluding carboxylic acids is 1. The third-order valence-corrected chi connectivity index (χ3v) is 5.88. The van der Waals surface area contributed by atoms with Gasteiger partial charge in [-0.05, 0) is 24.8 Å². The molecule has 3 nitrogen and oxygen atoms in total. The van der Waals surface area contributed by atoms with Crippen molar-refractivity contribution in [3.05, 3.63) is 46.3 Å². The lowest BCUT2D eigenvalue weighted by Crippen LogP contribution is -2.35. The molecular formula is C16H13ClN2OS. The molecule has 21 heavy (non-hydrogen) atoms. The summed E-state index contributed by atoms with van der Waals surface area (Å²) in [5, 5.41) is 5.72. The van der Waals surface area contributed by atoms with E-state index in [1.165, 1.54) is 11.3 Å². The molecule has 1 aromatic heterocycles. The Bertz CT molecular complexity index is 793. The predicted octanol–water partition coefficient (Wildman–Crippen LogP) is 4.24. The molecule has 1 fully saturated rings. The molecule has 106 valence electrons. The van der Waals surface area contributed by atoms with Gasteiger partial charge in [-0.25, -0.2) is 5.43 Å². The van der Waals surface area contributed by atoms with Gasteiger partial charge in [0.05, 0.1) is 5.02 Å². The minimum absolute atomic E-state index is 0.219. The number of nitrogens with zero attached hydrogens (tertiary/aromatic N) is 1. The smallest absolute Gasteiger partial charge is 0.266 e. The van der Waals surface area contributed by atoms with Crippen molar-refractivity contribution in [1.82, 2.24) is 5.43 Å². The summed E-state index contributed by atoms with van der Waals surface area (Å²) in [5.74, 6) is 0.917. The first kappa shape index (κ1) is 13.0. The van der Waals surface area contributed by atoms with Crippen LogP contribution in [-0.2, 0) is 0 Å². The normalized spacial score (nSPS) is 25.1. The first-order valence-corrected chi connectivity index (χ1v) is 8.14. The van der Waals surface area contributed by atoms with Crippen molar-refractivity contribution in [2.24, 2.45) is 16.9 Å². The summed E-state index contributed by atoms with van der Waals surface area (Å²) in [5.41, 5.74) is 3.76. The number of hydrogen-bond acceptors (Lipinski definition) is 3. The number of carbonyl (C=O) groups is 1. The molecule has 0 spiro atoms. The molecule has 4 rings (SSSR count). The van der Waals surface area contributed by atoms with Crippen LogP contribution in [0.25, 0.3) is 10.1 Å². The lowest BCUT2D eigenvalue weighted by atomic mass is 9.74. The number of nitrogens with one attached hydrogen (secondary N) is 1. The summed E-state index contributed by atoms with van der Waals surface area (Å²) in [6.07, 6.45) is 6.45. The van der Waals surface area contributed by atoms with E-state index in [9.17, 15) is 4.79 Å². The Hall–Kier alpha value is -1.65. The van der Waals surface area contributed by atoms with Gasteiger partial charge < -0.3 is 0 Å². The molecule has 1 N–H and O–H groups in total. The summed E-state index contributed by atoms with van der Waals surface area (Å²) in [7, 11) is 0. The van der Waals surface area contributed by atoms with E-state index in [4.69, 9.17) is 11.6 Å². The van der Waals surface area contributed by atoms with Crippen LogP contribution in [-0.4, -0.2) is 11.6 Å². The number of rotatable bonds is 2. The summed E-state index contributed by atoms with van der Waals surface area (Å²) < 4.78 is 1.02. The van der Waals surface area contributed by atoms with Crippen molar-refractivity contribution in [1.29, 1.82) is 0 Å². The fourth-order valence-corrected chi connectivity index (χ4v) is 4.40. The molecule has 0 bridgehead atoms. The molecule has 1 aromatic carbocycles. The Morgan fingerprint density at radius 2 is 2.24 bits per heavy atom. The van der Waals surface area contributed by atoms with Gasteiger partial charge in [0.25, 0.3) is 5.91 Å². The number of thiophene rings is 1. The van der Waals surface area contributed by atoms with E-state index in [0.717, 1.165) is 28.6 Å². The maximum absolute atomic E-state index is 12.3. The number of hydrogen-bond donors (Lipinski definition) is 1. The minimum Gasteiger partial charge on any atom is -0.266 e. The van der Waals surface area contributed by atoms with Gasteiger partial charge in [-0.2, -0.15) is 5.10 Å². The van der Waals surface area contributed by atoms with Gasteiger partial charge in [-0.3, -0.25) is 4.79 Å². The Balaban J connectivity index is 1.54. The minimum atomic E-state index is -0.219. The summed E-state index contributed by atoms with van der Waals surface area (Å²) in [4.78, 5) is 12.8. The topological polar surface area (TPSA) is 41.5 Å². The zero-order valence-electron chi connectivity index (χ0n) is 11.2. The monoisotopic (exact) mass is 316 g/mol. The number of amides is 1. The lowest BCUT2D eigenvalue weighted by Gasteiger charge is -2.31. The average molecular weight is 317 g/mol. The molecule has 2 aliphatic carbocycles. The summed E-state index contributed by atoms with van der Waals surface area (Å²) in [6.45, 7) is 0. The van der Waals surface area contributed by atoms with Crippen LogP contribution in [0, 0.1) is 11.8 Å². The van der Waals surface area contributed by atoms with Crippen LogP contribution in [0.1, 0.15) is 22.5 Å². The highest BCUT2D eigenvalue weighted by atomic mass is 35.5. The maximum atomic E-state index is 12.3. The SMILES string of the molecule is O=C(N/N=C1\C[C@@H]2C=CC[C@@H]12)c1sc2ccccc2c1Cl. The predicted molar refractivity (Wildman–Crippen MR) is 87.1 cm³/mol. The Labute approximate surface area is 131 Å². The maximum Gasteiger partial charge on any atom is 0.283 e. The largest absolute Gasteiger partial charge is 0.283 e. The van der Waals surface area contributed by atoms with E-state index >= 15 is 0 Å². The number of halogens is 1. The van der Waals surface area contributed by atoms with Gasteiger partial charge in [0.1, 0.15) is 4.88 Å². The Kier molecular flexibility index (Phi) is 3.08. The Morgan fingerprint density at radius 1 is 1.38 bits per heavy atom. The van der Waals surface area contributed by atoms with Gasteiger partial charge in [-0.1, -0.05) is 42.0 Å². The molecule has 1 saturated carbocycles. The fraction of sp³-hybridized carbons (Fsp3) is 0.250. The lowest BCUT2D eigenvalue weighted by molar-refractivity contribution is 0.0958. The van der Waals surface area contributed by atoms with E-state index < -0.39 is 0 Å². The van der Waals surface area contributed by atoms with E-state index in [1.54, 1.807) is 0 Å². The van der Waals surface area contributed by atoms with E-state index in [0.29, 0.717) is 21.7 Å². The molecule has 1 amide bonds. The van der Waals surface area contributed by atoms with Gasteiger partial charge in [0, 0.05) is 21.7 Å². The number of allylic oxidation sites excluding steroid dienone is 2. The molecule has 2 atom stereocenters.